The maximum atomic E-state index is 12.9. The Morgan fingerprint density at radius 2 is 1.85 bits per heavy atom. The predicted molar refractivity (Wildman–Crippen MR) is 132 cm³/mol. The van der Waals surface area contributed by atoms with Crippen LogP contribution in [0.15, 0.2) is 41.4 Å². The van der Waals surface area contributed by atoms with Gasteiger partial charge in [-0.1, -0.05) is 25.0 Å². The van der Waals surface area contributed by atoms with E-state index in [4.69, 9.17) is 0 Å². The van der Waals surface area contributed by atoms with Crippen LogP contribution in [0.4, 0.5) is 0 Å². The third-order valence-corrected chi connectivity index (χ3v) is 9.38. The summed E-state index contributed by atoms with van der Waals surface area (Å²) in [5.74, 6) is 1.07. The van der Waals surface area contributed by atoms with Crippen LogP contribution in [0.2, 0.25) is 0 Å². The van der Waals surface area contributed by atoms with Gasteiger partial charge in [-0.25, -0.2) is 13.1 Å². The monoisotopic (exact) mass is 474 g/mol. The Labute approximate surface area is 201 Å². The first-order valence-corrected chi connectivity index (χ1v) is 14.0. The molecule has 2 aromatic heterocycles. The third-order valence-electron chi connectivity index (χ3n) is 7.84. The summed E-state index contributed by atoms with van der Waals surface area (Å²) in [6.45, 7) is 1.92. The molecule has 0 unspecified atom stereocenters. The summed E-state index contributed by atoms with van der Waals surface area (Å²) >= 11 is 0. The Balaban J connectivity index is 1.44. The molecule has 0 radical (unpaired) electrons. The summed E-state index contributed by atoms with van der Waals surface area (Å²) in [5.41, 5.74) is 4.57. The average Bonchev–Trinajstić information content (AvgIpc) is 3.77. The Hall–Kier alpha value is -2.69. The van der Waals surface area contributed by atoms with E-state index in [0.29, 0.717) is 29.1 Å². The van der Waals surface area contributed by atoms with Gasteiger partial charge in [0.2, 0.25) is 10.0 Å². The van der Waals surface area contributed by atoms with E-state index in [1.54, 1.807) is 12.1 Å². The van der Waals surface area contributed by atoms with Gasteiger partial charge in [-0.2, -0.15) is 5.26 Å². The molecule has 0 bridgehead atoms. The maximum Gasteiger partial charge on any atom is 0.242 e. The molecule has 0 aliphatic heterocycles. The van der Waals surface area contributed by atoms with Gasteiger partial charge < -0.3 is 4.57 Å². The number of nitrogens with zero attached hydrogens (tertiary/aromatic N) is 3. The Morgan fingerprint density at radius 1 is 1.09 bits per heavy atom. The number of fused-ring (bicyclic) bond motifs is 1. The molecule has 2 heterocycles. The first-order chi connectivity index (χ1) is 16.5. The highest BCUT2D eigenvalue weighted by Gasteiger charge is 2.32. The molecule has 0 saturated heterocycles. The molecule has 3 aromatic rings. The smallest absolute Gasteiger partial charge is 0.242 e. The van der Waals surface area contributed by atoms with Gasteiger partial charge in [-0.05, 0) is 81.0 Å². The third kappa shape index (κ3) is 3.83. The van der Waals surface area contributed by atoms with E-state index in [1.165, 1.54) is 37.4 Å². The quantitative estimate of drug-likeness (QED) is 0.480. The number of hydrogen-bond donors (Lipinski definition) is 1. The Kier molecular flexibility index (Phi) is 5.27. The van der Waals surface area contributed by atoms with E-state index < -0.39 is 10.0 Å². The normalized spacial score (nSPS) is 20.0. The van der Waals surface area contributed by atoms with Gasteiger partial charge in [0.25, 0.3) is 0 Å². The highest BCUT2D eigenvalue weighted by molar-refractivity contribution is 7.89. The van der Waals surface area contributed by atoms with Gasteiger partial charge in [0.15, 0.2) is 0 Å². The molecular formula is C27H30N4O2S. The Morgan fingerprint density at radius 3 is 2.47 bits per heavy atom. The summed E-state index contributed by atoms with van der Waals surface area (Å²) in [6, 6.07) is 12.6. The number of sulfonamides is 1. The van der Waals surface area contributed by atoms with Gasteiger partial charge in [0.1, 0.15) is 11.0 Å². The molecule has 6 rings (SSSR count). The molecule has 3 saturated carbocycles. The second kappa shape index (κ2) is 8.21. The number of nitrogens with one attached hydrogen (secondary N) is 1. The van der Waals surface area contributed by atoms with Crippen LogP contribution < -0.4 is 4.72 Å². The average molecular weight is 475 g/mol. The number of hydrogen-bond acceptors (Lipinski definition) is 4. The molecule has 0 amide bonds. The van der Waals surface area contributed by atoms with E-state index in [2.05, 4.69) is 38.5 Å². The molecule has 3 fully saturated rings. The van der Waals surface area contributed by atoms with Crippen molar-refractivity contribution >= 4 is 20.9 Å². The SMILES string of the molecule is C[C@H](NS(=O)(=O)c1ccc(-c2c(C#N)c3ccc(C4CC4)cc3n2C2CCCC2)nc1)C1CC1. The highest BCUT2D eigenvalue weighted by atomic mass is 32.2. The molecule has 1 aromatic carbocycles. The van der Waals surface area contributed by atoms with Crippen molar-refractivity contribution in [3.05, 3.63) is 47.7 Å². The zero-order valence-corrected chi connectivity index (χ0v) is 20.3. The van der Waals surface area contributed by atoms with Crippen molar-refractivity contribution in [1.82, 2.24) is 14.3 Å². The zero-order valence-electron chi connectivity index (χ0n) is 19.5. The van der Waals surface area contributed by atoms with Crippen molar-refractivity contribution < 1.29 is 8.42 Å². The van der Waals surface area contributed by atoms with Crippen molar-refractivity contribution in [2.75, 3.05) is 0 Å². The van der Waals surface area contributed by atoms with E-state index in [-0.39, 0.29) is 10.9 Å². The molecular weight excluding hydrogens is 444 g/mol. The predicted octanol–water partition coefficient (Wildman–Crippen LogP) is 5.64. The lowest BCUT2D eigenvalue weighted by molar-refractivity contribution is 0.537. The number of rotatable bonds is 7. The molecule has 0 spiro atoms. The second-order valence-corrected chi connectivity index (χ2v) is 12.0. The van der Waals surface area contributed by atoms with Crippen LogP contribution in [-0.2, 0) is 10.0 Å². The Bertz CT molecular complexity index is 1390. The van der Waals surface area contributed by atoms with Gasteiger partial charge in [0, 0.05) is 23.7 Å². The molecule has 3 aliphatic rings. The zero-order chi connectivity index (χ0) is 23.4. The van der Waals surface area contributed by atoms with Crippen molar-refractivity contribution in [2.24, 2.45) is 5.92 Å². The van der Waals surface area contributed by atoms with Gasteiger partial charge in [0.05, 0.1) is 22.5 Å². The van der Waals surface area contributed by atoms with Crippen molar-refractivity contribution in [3.8, 4) is 17.5 Å². The van der Waals surface area contributed by atoms with Gasteiger partial charge in [-0.3, -0.25) is 4.98 Å². The van der Waals surface area contributed by atoms with E-state index >= 15 is 0 Å². The fourth-order valence-corrected chi connectivity index (χ4v) is 6.85. The summed E-state index contributed by atoms with van der Waals surface area (Å²) < 4.78 is 30.8. The summed E-state index contributed by atoms with van der Waals surface area (Å²) in [7, 11) is -3.62. The van der Waals surface area contributed by atoms with Crippen molar-refractivity contribution in [3.63, 3.8) is 0 Å². The van der Waals surface area contributed by atoms with Crippen LogP contribution >= 0.6 is 0 Å². The first kappa shape index (κ1) is 21.8. The summed E-state index contributed by atoms with van der Waals surface area (Å²) in [4.78, 5) is 4.77. The number of pyridine rings is 1. The summed E-state index contributed by atoms with van der Waals surface area (Å²) in [5, 5.41) is 11.1. The van der Waals surface area contributed by atoms with Crippen LogP contribution in [0.1, 0.15) is 81.4 Å². The number of benzene rings is 1. The lowest BCUT2D eigenvalue weighted by atomic mass is 10.1. The van der Waals surface area contributed by atoms with E-state index in [1.807, 2.05) is 6.92 Å². The minimum atomic E-state index is -3.62. The highest BCUT2D eigenvalue weighted by Crippen LogP contribution is 2.45. The van der Waals surface area contributed by atoms with Gasteiger partial charge in [-0.15, -0.1) is 0 Å². The van der Waals surface area contributed by atoms with Crippen molar-refractivity contribution in [2.45, 2.75) is 81.2 Å². The number of aromatic nitrogens is 2. The minimum absolute atomic E-state index is 0.0690. The molecule has 1 N–H and O–H groups in total. The molecule has 3 aliphatic carbocycles. The van der Waals surface area contributed by atoms with Gasteiger partial charge >= 0.3 is 0 Å². The fourth-order valence-electron chi connectivity index (χ4n) is 5.59. The van der Waals surface area contributed by atoms with Crippen LogP contribution in [-0.4, -0.2) is 24.0 Å². The minimum Gasteiger partial charge on any atom is -0.335 e. The summed E-state index contributed by atoms with van der Waals surface area (Å²) in [6.07, 6.45) is 10.6. The van der Waals surface area contributed by atoms with Crippen LogP contribution in [0.3, 0.4) is 0 Å². The standard InChI is InChI=1S/C27H30N4O2S/c1-17(18-6-7-18)30-34(32,33)22-11-13-25(29-16-22)27-24(15-28)23-12-10-20(19-8-9-19)14-26(23)31(27)21-4-2-3-5-21/h10-14,16-19,21,30H,2-9H2,1H3/t17-/m0/s1. The van der Waals surface area contributed by atoms with Crippen LogP contribution in [0, 0.1) is 17.2 Å². The lowest BCUT2D eigenvalue weighted by Gasteiger charge is -2.18. The van der Waals surface area contributed by atoms with E-state index in [0.717, 1.165) is 42.3 Å². The van der Waals surface area contributed by atoms with E-state index in [9.17, 15) is 13.7 Å². The maximum absolute atomic E-state index is 12.9. The number of nitriles is 1. The molecule has 7 heteroatoms. The fraction of sp³-hybridized carbons (Fsp3) is 0.481. The molecule has 1 atom stereocenters. The van der Waals surface area contributed by atoms with Crippen LogP contribution in [0.5, 0.6) is 0 Å². The van der Waals surface area contributed by atoms with Crippen molar-refractivity contribution in [1.29, 1.82) is 5.26 Å². The first-order valence-electron chi connectivity index (χ1n) is 12.5. The molecule has 6 nitrogen and oxygen atoms in total. The van der Waals surface area contributed by atoms with Crippen LogP contribution in [0.25, 0.3) is 22.3 Å². The molecule has 34 heavy (non-hydrogen) atoms. The topological polar surface area (TPSA) is 87.8 Å². The molecule has 176 valence electrons. The largest absolute Gasteiger partial charge is 0.335 e. The second-order valence-electron chi connectivity index (χ2n) is 10.3. The lowest BCUT2D eigenvalue weighted by Crippen LogP contribution is -2.34.